The van der Waals surface area contributed by atoms with Gasteiger partial charge in [0.2, 0.25) is 11.4 Å². The monoisotopic (exact) mass is 670 g/mol. The highest BCUT2D eigenvalue weighted by atomic mass is 32.1. The Kier molecular flexibility index (Phi) is 5.55. The molecule has 1 atom stereocenters. The molecule has 0 N–H and O–H groups in total. The molecule has 0 amide bonds. The fraction of sp³-hybridized carbons (Fsp3) is 0.217. The lowest BCUT2D eigenvalue weighted by Crippen LogP contribution is -2.71. The van der Waals surface area contributed by atoms with E-state index in [0.29, 0.717) is 5.56 Å². The molecule has 3 nitrogen and oxygen atoms in total. The van der Waals surface area contributed by atoms with Crippen LogP contribution in [-0.2, 0) is 12.0 Å². The normalized spacial score (nSPS) is 16.9. The number of nitrogens with zero attached hydrogens (tertiary/aromatic N) is 2. The number of hydrogen-bond donors (Lipinski definition) is 0. The van der Waals surface area contributed by atoms with Crippen LogP contribution in [0.2, 0.25) is 0 Å². The summed E-state index contributed by atoms with van der Waals surface area (Å²) >= 11 is 1.78. The van der Waals surface area contributed by atoms with Crippen LogP contribution in [0.25, 0.3) is 65.7 Å². The highest BCUT2D eigenvalue weighted by Crippen LogP contribution is 2.52. The van der Waals surface area contributed by atoms with E-state index in [-0.39, 0.29) is 0 Å². The molecule has 10 rings (SSSR count). The smallest absolute Gasteiger partial charge is 0.417 e. The van der Waals surface area contributed by atoms with Crippen LogP contribution in [0.5, 0.6) is 0 Å². The maximum absolute atomic E-state index is 9.87. The number of fused-ring (bicyclic) bond motifs is 16. The van der Waals surface area contributed by atoms with Crippen molar-refractivity contribution in [1.82, 2.24) is 0 Å². The second-order valence-electron chi connectivity index (χ2n) is 15.4. The number of aromatic nitrogens is 2. The van der Waals surface area contributed by atoms with Crippen molar-refractivity contribution < 1.29 is 16.3 Å². The van der Waals surface area contributed by atoms with Gasteiger partial charge >= 0.3 is 5.66 Å². The first-order valence-electron chi connectivity index (χ1n) is 18.5. The van der Waals surface area contributed by atoms with E-state index in [1.807, 2.05) is 20.8 Å². The summed E-state index contributed by atoms with van der Waals surface area (Å²) in [6.07, 6.45) is 2.74. The van der Waals surface area contributed by atoms with Crippen molar-refractivity contribution in [1.29, 1.82) is 0 Å². The lowest BCUT2D eigenvalue weighted by molar-refractivity contribution is -0.955. The molecule has 50 heavy (non-hydrogen) atoms. The molecule has 0 saturated carbocycles. The first kappa shape index (κ1) is 27.7. The second-order valence-corrected chi connectivity index (χ2v) is 16.6. The highest BCUT2D eigenvalue weighted by molar-refractivity contribution is 7.20. The summed E-state index contributed by atoms with van der Waals surface area (Å²) in [6, 6.07) is 33.0. The maximum Gasteiger partial charge on any atom is 0.417 e. The third-order valence-electron chi connectivity index (χ3n) is 10.8. The molecule has 8 aromatic rings. The maximum atomic E-state index is 9.87. The lowest BCUT2D eigenvalue weighted by Gasteiger charge is -2.23. The van der Waals surface area contributed by atoms with Gasteiger partial charge in [-0.15, -0.1) is 20.5 Å². The van der Waals surface area contributed by atoms with Crippen molar-refractivity contribution in [2.24, 2.45) is 5.41 Å². The van der Waals surface area contributed by atoms with Crippen molar-refractivity contribution in [3.63, 3.8) is 0 Å². The average molecular weight is 671 g/mol. The number of benzene rings is 4. The summed E-state index contributed by atoms with van der Waals surface area (Å²) in [5.41, 5.74) is 13.1. The van der Waals surface area contributed by atoms with Crippen molar-refractivity contribution in [3.05, 3.63) is 142 Å². The van der Waals surface area contributed by atoms with Crippen molar-refractivity contribution in [2.45, 2.75) is 60.5 Å². The van der Waals surface area contributed by atoms with Gasteiger partial charge in [-0.3, -0.25) is 0 Å². The van der Waals surface area contributed by atoms with E-state index in [2.05, 4.69) is 140 Å². The number of pyridine rings is 2. The third-order valence-corrected chi connectivity index (χ3v) is 11.8. The molecule has 4 heteroatoms. The molecule has 2 aliphatic rings. The zero-order valence-electron chi connectivity index (χ0n) is 31.5. The fourth-order valence-electron chi connectivity index (χ4n) is 8.91. The highest BCUT2D eigenvalue weighted by Gasteiger charge is 2.67. The molecule has 0 aliphatic carbocycles. The Morgan fingerprint density at radius 2 is 1.44 bits per heavy atom. The molecule has 0 bridgehead atoms. The topological polar surface area (TPSA) is 20.9 Å². The summed E-state index contributed by atoms with van der Waals surface area (Å²) < 4.78 is 32.8. The van der Waals surface area contributed by atoms with Gasteiger partial charge in [-0.05, 0) is 110 Å². The summed E-state index contributed by atoms with van der Waals surface area (Å²) in [4.78, 5) is 1.26. The van der Waals surface area contributed by atoms with Crippen LogP contribution >= 0.6 is 11.3 Å². The second kappa shape index (κ2) is 10.0. The average Bonchev–Trinajstić information content (AvgIpc) is 3.82. The quantitative estimate of drug-likeness (QED) is 0.168. The van der Waals surface area contributed by atoms with Crippen LogP contribution in [0.3, 0.4) is 0 Å². The van der Waals surface area contributed by atoms with Crippen LogP contribution < -0.4 is 9.13 Å². The van der Waals surface area contributed by atoms with E-state index in [0.717, 1.165) is 72.3 Å². The van der Waals surface area contributed by atoms with Gasteiger partial charge in [-0.25, -0.2) is 0 Å². The summed E-state index contributed by atoms with van der Waals surface area (Å²) in [5, 5.41) is 3.41. The molecule has 1 spiro atoms. The van der Waals surface area contributed by atoms with Gasteiger partial charge in [0.25, 0.3) is 0 Å². The summed E-state index contributed by atoms with van der Waals surface area (Å²) in [7, 11) is 0. The molecule has 0 fully saturated rings. The van der Waals surface area contributed by atoms with E-state index < -0.39 is 17.5 Å². The predicted octanol–water partition coefficient (Wildman–Crippen LogP) is 11.1. The van der Waals surface area contributed by atoms with Crippen molar-refractivity contribution in [2.75, 3.05) is 0 Å². The van der Waals surface area contributed by atoms with Crippen LogP contribution in [0.1, 0.15) is 61.8 Å². The van der Waals surface area contributed by atoms with E-state index in [9.17, 15) is 2.74 Å². The fourth-order valence-corrected chi connectivity index (χ4v) is 9.91. The zero-order chi connectivity index (χ0) is 36.1. The van der Waals surface area contributed by atoms with E-state index in [1.165, 1.54) is 26.1 Å². The Balaban J connectivity index is 1.44. The largest absolute Gasteiger partial charge is 0.454 e. The molecule has 2 aliphatic heterocycles. The van der Waals surface area contributed by atoms with Gasteiger partial charge in [0.15, 0.2) is 18.0 Å². The van der Waals surface area contributed by atoms with Crippen LogP contribution in [0.4, 0.5) is 0 Å². The SMILES string of the molecule is [2H]C([2H])(c1c[n+]2c(cc1-c1c(C)cccc1C)-c1c(ccc3c1oc1c3ccc3cc(C)sc31)C21c2ccccc2-c2ccc(C)c[n+]21)C(C)(C)C. The molecule has 0 radical (unpaired) electrons. The van der Waals surface area contributed by atoms with Gasteiger partial charge in [0.1, 0.15) is 22.3 Å². The predicted molar refractivity (Wildman–Crippen MR) is 206 cm³/mol. The number of thiophene rings is 1. The molecule has 1 unspecified atom stereocenters. The van der Waals surface area contributed by atoms with Gasteiger partial charge in [0.05, 0.1) is 10.3 Å². The van der Waals surface area contributed by atoms with Gasteiger partial charge in [0, 0.05) is 41.7 Å². The van der Waals surface area contributed by atoms with E-state index in [4.69, 9.17) is 4.42 Å². The molecule has 4 aromatic carbocycles. The third kappa shape index (κ3) is 3.86. The summed E-state index contributed by atoms with van der Waals surface area (Å²) in [6.45, 7) is 14.6. The van der Waals surface area contributed by atoms with Gasteiger partial charge in [-0.1, -0.05) is 57.2 Å². The summed E-state index contributed by atoms with van der Waals surface area (Å²) in [5.74, 6) is 0. The number of furan rings is 1. The van der Waals surface area contributed by atoms with Crippen molar-refractivity contribution in [3.8, 4) is 33.6 Å². The molecule has 6 heterocycles. The number of hydrogen-bond acceptors (Lipinski definition) is 2. The Hall–Kier alpha value is -5.06. The van der Waals surface area contributed by atoms with E-state index in [1.54, 1.807) is 11.3 Å². The Bertz CT molecular complexity index is 2850. The van der Waals surface area contributed by atoms with Crippen LogP contribution in [-0.4, -0.2) is 0 Å². The van der Waals surface area contributed by atoms with Crippen molar-refractivity contribution >= 4 is 43.4 Å². The minimum Gasteiger partial charge on any atom is -0.454 e. The zero-order valence-corrected chi connectivity index (χ0v) is 30.3. The minimum atomic E-state index is -1.68. The standard InChI is InChI=1S/C46H40N2OS/c1-26-15-20-38-34-13-8-9-14-36(34)46(47(38)24-26)37-19-18-32-33-17-16-30-21-29(4)50-44(30)43(33)49-42(32)41(37)39-22-35(40-27(2)11-10-12-28(40)3)31(25-48(39)46)23-45(5,6)7/h8-22,24-25H,23H2,1-7H3/q+2/i23D2. The molecule has 4 aromatic heterocycles. The minimum absolute atomic E-state index is 0.683. The van der Waals surface area contributed by atoms with Gasteiger partial charge in [-0.2, -0.15) is 0 Å². The van der Waals surface area contributed by atoms with Crippen LogP contribution in [0.15, 0.2) is 108 Å². The van der Waals surface area contributed by atoms with Crippen LogP contribution in [0, 0.1) is 33.1 Å². The molecular formula is C46H40N2OS+2. The molecular weight excluding hydrogens is 629 g/mol. The van der Waals surface area contributed by atoms with E-state index >= 15 is 0 Å². The van der Waals surface area contributed by atoms with Gasteiger partial charge < -0.3 is 4.42 Å². The number of rotatable bonds is 2. The Labute approximate surface area is 299 Å². The molecule has 0 saturated heterocycles. The Morgan fingerprint density at radius 1 is 0.700 bits per heavy atom. The molecule has 244 valence electrons. The first-order chi connectivity index (χ1) is 24.8. The lowest BCUT2D eigenvalue weighted by atomic mass is 9.83. The number of aryl methyl sites for hydroxylation is 4. The Morgan fingerprint density at radius 3 is 2.24 bits per heavy atom. The first-order valence-corrected chi connectivity index (χ1v) is 18.3.